The van der Waals surface area contributed by atoms with E-state index in [-0.39, 0.29) is 0 Å². The van der Waals surface area contributed by atoms with Crippen LogP contribution in [0.25, 0.3) is 0 Å². The lowest BCUT2D eigenvalue weighted by Crippen LogP contribution is -2.48. The van der Waals surface area contributed by atoms with E-state index in [1.54, 1.807) is 0 Å². The molecule has 84 valence electrons. The maximum absolute atomic E-state index is 3.86. The third kappa shape index (κ3) is 3.27. The van der Waals surface area contributed by atoms with E-state index in [2.05, 4.69) is 33.0 Å². The smallest absolute Gasteiger partial charge is 0.0150 e. The molecule has 2 atom stereocenters. The highest BCUT2D eigenvalue weighted by Gasteiger charge is 2.26. The molecule has 0 aromatic carbocycles. The van der Waals surface area contributed by atoms with Gasteiger partial charge in [0.2, 0.25) is 0 Å². The highest BCUT2D eigenvalue weighted by molar-refractivity contribution is 4.86. The van der Waals surface area contributed by atoms with Gasteiger partial charge in [0.15, 0.2) is 0 Å². The molecule has 1 saturated carbocycles. The Bertz CT molecular complexity index is 161. The first-order valence-corrected chi connectivity index (χ1v) is 6.37. The lowest BCUT2D eigenvalue weighted by atomic mass is 9.84. The number of nitrogens with one attached hydrogen (secondary N) is 1. The Morgan fingerprint density at radius 2 is 1.86 bits per heavy atom. The summed E-state index contributed by atoms with van der Waals surface area (Å²) in [5, 5.41) is 3.86. The molecular weight excluding hydrogens is 170 g/mol. The maximum atomic E-state index is 3.86. The topological polar surface area (TPSA) is 12.0 Å². The van der Waals surface area contributed by atoms with Crippen LogP contribution in [-0.4, -0.2) is 11.6 Å². The minimum atomic E-state index is 0.377. The normalized spacial score (nSPS) is 29.1. The van der Waals surface area contributed by atoms with E-state index in [4.69, 9.17) is 0 Å². The zero-order valence-electron chi connectivity index (χ0n) is 10.4. The average molecular weight is 197 g/mol. The number of hydrogen-bond donors (Lipinski definition) is 1. The van der Waals surface area contributed by atoms with Crippen molar-refractivity contribution in [3.63, 3.8) is 0 Å². The van der Waals surface area contributed by atoms with E-state index < -0.39 is 0 Å². The third-order valence-corrected chi connectivity index (χ3v) is 4.05. The number of hydrogen-bond acceptors (Lipinski definition) is 1. The summed E-state index contributed by atoms with van der Waals surface area (Å²) in [5.74, 6) is 0.930. The van der Waals surface area contributed by atoms with Crippen molar-refractivity contribution in [2.45, 2.75) is 77.8 Å². The Hall–Kier alpha value is -0.0400. The van der Waals surface area contributed by atoms with E-state index in [9.17, 15) is 0 Å². The molecule has 0 spiro atoms. The molecule has 0 radical (unpaired) electrons. The molecule has 1 fully saturated rings. The van der Waals surface area contributed by atoms with Crippen LogP contribution in [0.5, 0.6) is 0 Å². The lowest BCUT2D eigenvalue weighted by Gasteiger charge is -2.37. The van der Waals surface area contributed by atoms with Gasteiger partial charge in [0, 0.05) is 11.6 Å². The average Bonchev–Trinajstić information content (AvgIpc) is 2.18. The Kier molecular flexibility index (Phi) is 4.43. The van der Waals surface area contributed by atoms with Crippen LogP contribution in [0.15, 0.2) is 0 Å². The van der Waals surface area contributed by atoms with Crippen LogP contribution in [0.1, 0.15) is 66.2 Å². The van der Waals surface area contributed by atoms with E-state index in [1.165, 1.54) is 38.5 Å². The molecule has 1 aliphatic carbocycles. The first kappa shape index (κ1) is 12.0. The summed E-state index contributed by atoms with van der Waals surface area (Å²) in [6.45, 7) is 9.35. The van der Waals surface area contributed by atoms with Gasteiger partial charge in [-0.05, 0) is 38.5 Å². The van der Waals surface area contributed by atoms with Gasteiger partial charge in [0.25, 0.3) is 0 Å². The Balaban J connectivity index is 2.41. The fourth-order valence-corrected chi connectivity index (χ4v) is 2.51. The fraction of sp³-hybridized carbons (Fsp3) is 1.00. The van der Waals surface area contributed by atoms with Gasteiger partial charge >= 0.3 is 0 Å². The second-order valence-corrected chi connectivity index (χ2v) is 5.38. The van der Waals surface area contributed by atoms with Crippen LogP contribution in [0.4, 0.5) is 0 Å². The monoisotopic (exact) mass is 197 g/mol. The summed E-state index contributed by atoms with van der Waals surface area (Å²) in [5.41, 5.74) is 0.377. The van der Waals surface area contributed by atoms with Crippen molar-refractivity contribution in [1.29, 1.82) is 0 Å². The van der Waals surface area contributed by atoms with Crippen LogP contribution in [-0.2, 0) is 0 Å². The summed E-state index contributed by atoms with van der Waals surface area (Å²) in [4.78, 5) is 0. The second kappa shape index (κ2) is 5.16. The van der Waals surface area contributed by atoms with Gasteiger partial charge in [-0.1, -0.05) is 33.6 Å². The molecule has 2 unspecified atom stereocenters. The molecule has 0 heterocycles. The van der Waals surface area contributed by atoms with Gasteiger partial charge in [-0.15, -0.1) is 0 Å². The van der Waals surface area contributed by atoms with Crippen molar-refractivity contribution < 1.29 is 0 Å². The van der Waals surface area contributed by atoms with E-state index in [0.29, 0.717) is 5.54 Å². The largest absolute Gasteiger partial charge is 0.309 e. The standard InChI is InChI=1S/C13H27N/c1-5-13(4,6-2)14-12-9-7-8-11(3)10-12/h11-12,14H,5-10H2,1-4H3. The molecule has 0 bridgehead atoms. The highest BCUT2D eigenvalue weighted by Crippen LogP contribution is 2.26. The van der Waals surface area contributed by atoms with E-state index in [1.807, 2.05) is 0 Å². The van der Waals surface area contributed by atoms with Gasteiger partial charge in [-0.3, -0.25) is 0 Å². The Morgan fingerprint density at radius 3 is 2.36 bits per heavy atom. The first-order valence-electron chi connectivity index (χ1n) is 6.37. The second-order valence-electron chi connectivity index (χ2n) is 5.38. The van der Waals surface area contributed by atoms with Crippen molar-refractivity contribution in [3.8, 4) is 0 Å². The molecule has 1 heteroatoms. The van der Waals surface area contributed by atoms with Crippen molar-refractivity contribution in [1.82, 2.24) is 5.32 Å². The van der Waals surface area contributed by atoms with Crippen LogP contribution >= 0.6 is 0 Å². The minimum Gasteiger partial charge on any atom is -0.309 e. The van der Waals surface area contributed by atoms with Gasteiger partial charge in [0.05, 0.1) is 0 Å². The summed E-state index contributed by atoms with van der Waals surface area (Å²) in [7, 11) is 0. The van der Waals surface area contributed by atoms with E-state index in [0.717, 1.165) is 12.0 Å². The molecule has 0 aromatic heterocycles. The maximum Gasteiger partial charge on any atom is 0.0150 e. The van der Waals surface area contributed by atoms with Crippen LogP contribution in [0.3, 0.4) is 0 Å². The molecule has 0 saturated heterocycles. The van der Waals surface area contributed by atoms with E-state index >= 15 is 0 Å². The zero-order valence-corrected chi connectivity index (χ0v) is 10.4. The van der Waals surface area contributed by atoms with Gasteiger partial charge in [0.1, 0.15) is 0 Å². The third-order valence-electron chi connectivity index (χ3n) is 4.05. The van der Waals surface area contributed by atoms with Crippen molar-refractivity contribution in [3.05, 3.63) is 0 Å². The molecule has 1 N–H and O–H groups in total. The Morgan fingerprint density at radius 1 is 1.21 bits per heavy atom. The van der Waals surface area contributed by atoms with Crippen LogP contribution in [0, 0.1) is 5.92 Å². The van der Waals surface area contributed by atoms with Gasteiger partial charge in [-0.25, -0.2) is 0 Å². The molecule has 0 aliphatic heterocycles. The zero-order chi connectivity index (χ0) is 10.6. The van der Waals surface area contributed by atoms with Crippen LogP contribution < -0.4 is 5.32 Å². The predicted octanol–water partition coefficient (Wildman–Crippen LogP) is 3.73. The molecule has 1 rings (SSSR count). The van der Waals surface area contributed by atoms with Crippen LogP contribution in [0.2, 0.25) is 0 Å². The Labute approximate surface area is 89.7 Å². The lowest BCUT2D eigenvalue weighted by molar-refractivity contribution is 0.222. The number of rotatable bonds is 4. The van der Waals surface area contributed by atoms with Gasteiger partial charge < -0.3 is 5.32 Å². The summed E-state index contributed by atoms with van der Waals surface area (Å²) >= 11 is 0. The van der Waals surface area contributed by atoms with Crippen molar-refractivity contribution in [2.24, 2.45) is 5.92 Å². The molecular formula is C13H27N. The predicted molar refractivity (Wildman–Crippen MR) is 63.5 cm³/mol. The fourth-order valence-electron chi connectivity index (χ4n) is 2.51. The minimum absolute atomic E-state index is 0.377. The molecule has 0 amide bonds. The highest BCUT2D eigenvalue weighted by atomic mass is 15.0. The summed E-state index contributed by atoms with van der Waals surface area (Å²) < 4.78 is 0. The quantitative estimate of drug-likeness (QED) is 0.724. The van der Waals surface area contributed by atoms with Gasteiger partial charge in [-0.2, -0.15) is 0 Å². The van der Waals surface area contributed by atoms with Crippen molar-refractivity contribution >= 4 is 0 Å². The first-order chi connectivity index (χ1) is 6.59. The molecule has 0 aromatic rings. The molecule has 1 nitrogen and oxygen atoms in total. The summed E-state index contributed by atoms with van der Waals surface area (Å²) in [6.07, 6.45) is 8.12. The summed E-state index contributed by atoms with van der Waals surface area (Å²) in [6, 6.07) is 0.781. The molecule has 1 aliphatic rings. The molecule has 14 heavy (non-hydrogen) atoms. The SMILES string of the molecule is CCC(C)(CC)NC1CCCC(C)C1. The van der Waals surface area contributed by atoms with Crippen molar-refractivity contribution in [2.75, 3.05) is 0 Å².